The van der Waals surface area contributed by atoms with Crippen LogP contribution in [0.2, 0.25) is 0 Å². The molecule has 0 atom stereocenters. The maximum absolute atomic E-state index is 13.0. The van der Waals surface area contributed by atoms with Crippen LogP contribution in [0, 0.1) is 5.92 Å². The number of pyridine rings is 2. The van der Waals surface area contributed by atoms with Gasteiger partial charge in [0.15, 0.2) is 5.78 Å². The first kappa shape index (κ1) is 24.1. The number of amides is 1. The van der Waals surface area contributed by atoms with E-state index < -0.39 is 10.0 Å². The van der Waals surface area contributed by atoms with Gasteiger partial charge in [0.1, 0.15) is 10.1 Å². The molecular weight excluding hydrogens is 472 g/mol. The Morgan fingerprint density at radius 3 is 2.44 bits per heavy atom. The molecule has 0 bridgehead atoms. The van der Waals surface area contributed by atoms with Crippen molar-refractivity contribution in [3.05, 3.63) is 72.6 Å². The minimum atomic E-state index is -3.73. The minimum absolute atomic E-state index is 0.0952. The molecular formula is C24H24N4O4S2. The number of rotatable bonds is 7. The molecule has 8 nitrogen and oxygen atoms in total. The first-order chi connectivity index (χ1) is 16.3. The van der Waals surface area contributed by atoms with Crippen molar-refractivity contribution >= 4 is 39.2 Å². The van der Waals surface area contributed by atoms with E-state index in [4.69, 9.17) is 0 Å². The second-order valence-corrected chi connectivity index (χ2v) is 10.9. The van der Waals surface area contributed by atoms with Gasteiger partial charge in [0.25, 0.3) is 0 Å². The Morgan fingerprint density at radius 2 is 1.74 bits per heavy atom. The van der Waals surface area contributed by atoms with Gasteiger partial charge in [-0.15, -0.1) is 0 Å². The molecule has 10 heteroatoms. The Morgan fingerprint density at radius 1 is 0.971 bits per heavy atom. The van der Waals surface area contributed by atoms with Crippen LogP contribution in [0.5, 0.6) is 0 Å². The number of sulfonamides is 1. The molecule has 0 radical (unpaired) electrons. The molecule has 34 heavy (non-hydrogen) atoms. The molecule has 2 aromatic heterocycles. The molecule has 3 aromatic rings. The number of anilines is 1. The Hall–Kier alpha value is -3.08. The maximum atomic E-state index is 13.0. The van der Waals surface area contributed by atoms with Crippen molar-refractivity contribution in [1.29, 1.82) is 0 Å². The van der Waals surface area contributed by atoms with Crippen molar-refractivity contribution in [2.75, 3.05) is 18.4 Å². The van der Waals surface area contributed by atoms with Crippen molar-refractivity contribution in [1.82, 2.24) is 14.3 Å². The number of Topliss-reactive ketones (excluding diaryl/α,β-unsaturated/α-hetero) is 1. The van der Waals surface area contributed by atoms with Crippen molar-refractivity contribution in [2.24, 2.45) is 5.92 Å². The van der Waals surface area contributed by atoms with Crippen molar-refractivity contribution in [3.63, 3.8) is 0 Å². The summed E-state index contributed by atoms with van der Waals surface area (Å²) in [5.41, 5.74) is 0.989. The van der Waals surface area contributed by atoms with Gasteiger partial charge in [0, 0.05) is 42.7 Å². The molecule has 1 aliphatic heterocycles. The number of aromatic nitrogens is 2. The van der Waals surface area contributed by atoms with Crippen molar-refractivity contribution in [3.8, 4) is 0 Å². The molecule has 1 amide bonds. The molecule has 0 aliphatic carbocycles. The molecule has 0 spiro atoms. The Labute approximate surface area is 202 Å². The molecule has 176 valence electrons. The summed E-state index contributed by atoms with van der Waals surface area (Å²) in [7, 11) is -3.73. The van der Waals surface area contributed by atoms with Crippen LogP contribution in [0.15, 0.2) is 81.9 Å². The number of carbonyl (C=O) groups is 2. The summed E-state index contributed by atoms with van der Waals surface area (Å²) in [6.45, 7) is 1.88. The molecule has 0 unspecified atom stereocenters. The highest BCUT2D eigenvalue weighted by Gasteiger charge is 2.32. The van der Waals surface area contributed by atoms with Gasteiger partial charge in [-0.1, -0.05) is 30.0 Å². The number of carbonyl (C=O) groups excluding carboxylic acids is 2. The molecule has 1 aliphatic rings. The van der Waals surface area contributed by atoms with Gasteiger partial charge in [-0.05, 0) is 56.2 Å². The topological polar surface area (TPSA) is 109 Å². The van der Waals surface area contributed by atoms with E-state index in [1.807, 2.05) is 18.2 Å². The van der Waals surface area contributed by atoms with Gasteiger partial charge in [-0.2, -0.15) is 4.31 Å². The van der Waals surface area contributed by atoms with Crippen molar-refractivity contribution < 1.29 is 18.0 Å². The third-order valence-electron chi connectivity index (χ3n) is 5.55. The predicted molar refractivity (Wildman–Crippen MR) is 129 cm³/mol. The SMILES string of the molecule is CC(=O)c1cccc(S(=O)(=O)N2CCC(C(=O)Nc3ccnc(Sc4ccccn4)c3)CC2)c1. The Bertz CT molecular complexity index is 1290. The van der Waals surface area contributed by atoms with Crippen LogP contribution >= 0.6 is 11.8 Å². The fourth-order valence-electron chi connectivity index (χ4n) is 3.68. The Balaban J connectivity index is 1.36. The molecule has 3 heterocycles. The second kappa shape index (κ2) is 10.5. The summed E-state index contributed by atoms with van der Waals surface area (Å²) in [5.74, 6) is -0.629. The standard InChI is InChI=1S/C24H24N4O4S2/c1-17(29)19-5-4-6-21(15-19)34(31,32)28-13-9-18(10-14-28)24(30)27-20-8-12-26-23(16-20)33-22-7-2-3-11-25-22/h2-8,11-12,15-16,18H,9-10,13-14H2,1H3,(H,26,27,30). The number of nitrogens with zero attached hydrogens (tertiary/aromatic N) is 3. The lowest BCUT2D eigenvalue weighted by molar-refractivity contribution is -0.120. The summed E-state index contributed by atoms with van der Waals surface area (Å²) < 4.78 is 27.4. The molecule has 1 aromatic carbocycles. The lowest BCUT2D eigenvalue weighted by atomic mass is 9.97. The third-order valence-corrected chi connectivity index (χ3v) is 8.33. The summed E-state index contributed by atoms with van der Waals surface area (Å²) in [5, 5.41) is 4.44. The number of hydrogen-bond acceptors (Lipinski definition) is 7. The van der Waals surface area contributed by atoms with Gasteiger partial charge in [-0.3, -0.25) is 9.59 Å². The van der Waals surface area contributed by atoms with Crippen LogP contribution in [0.3, 0.4) is 0 Å². The zero-order valence-electron chi connectivity index (χ0n) is 18.5. The number of ketones is 1. The number of benzene rings is 1. The monoisotopic (exact) mass is 496 g/mol. The lowest BCUT2D eigenvalue weighted by Crippen LogP contribution is -2.41. The number of nitrogens with one attached hydrogen (secondary N) is 1. The van der Waals surface area contributed by atoms with E-state index in [-0.39, 0.29) is 35.6 Å². The van der Waals surface area contributed by atoms with Crippen LogP contribution in [-0.4, -0.2) is 47.5 Å². The van der Waals surface area contributed by atoms with Gasteiger partial charge in [-0.25, -0.2) is 18.4 Å². The van der Waals surface area contributed by atoms with Gasteiger partial charge < -0.3 is 5.32 Å². The van der Waals surface area contributed by atoms with Crippen LogP contribution in [0.1, 0.15) is 30.1 Å². The average molecular weight is 497 g/mol. The van der Waals surface area contributed by atoms with Gasteiger partial charge in [0.2, 0.25) is 15.9 Å². The predicted octanol–water partition coefficient (Wildman–Crippen LogP) is 3.87. The van der Waals surface area contributed by atoms with Crippen LogP contribution in [0.4, 0.5) is 5.69 Å². The molecule has 0 saturated carbocycles. The molecule has 1 fully saturated rings. The molecule has 1 N–H and O–H groups in total. The Kier molecular flexibility index (Phi) is 7.40. The maximum Gasteiger partial charge on any atom is 0.243 e. The van der Waals surface area contributed by atoms with Crippen LogP contribution in [0.25, 0.3) is 0 Å². The van der Waals surface area contributed by atoms with E-state index in [1.165, 1.54) is 35.1 Å². The highest BCUT2D eigenvalue weighted by molar-refractivity contribution is 7.99. The van der Waals surface area contributed by atoms with E-state index in [1.54, 1.807) is 36.7 Å². The normalized spacial score (nSPS) is 15.1. The quantitative estimate of drug-likeness (QED) is 0.495. The van der Waals surface area contributed by atoms with E-state index in [0.29, 0.717) is 29.1 Å². The summed E-state index contributed by atoms with van der Waals surface area (Å²) in [4.78, 5) is 33.1. The largest absolute Gasteiger partial charge is 0.326 e. The first-order valence-electron chi connectivity index (χ1n) is 10.8. The number of hydrogen-bond donors (Lipinski definition) is 1. The molecule has 1 saturated heterocycles. The van der Waals surface area contributed by atoms with Crippen LogP contribution in [-0.2, 0) is 14.8 Å². The van der Waals surface area contributed by atoms with Crippen molar-refractivity contribution in [2.45, 2.75) is 34.7 Å². The third kappa shape index (κ3) is 5.69. The smallest absolute Gasteiger partial charge is 0.243 e. The average Bonchev–Trinajstić information content (AvgIpc) is 2.85. The van der Waals surface area contributed by atoms with E-state index in [0.717, 1.165) is 5.03 Å². The summed E-state index contributed by atoms with van der Waals surface area (Å²) >= 11 is 1.40. The zero-order valence-corrected chi connectivity index (χ0v) is 20.2. The highest BCUT2D eigenvalue weighted by atomic mass is 32.2. The van der Waals surface area contributed by atoms with Crippen LogP contribution < -0.4 is 5.32 Å². The minimum Gasteiger partial charge on any atom is -0.326 e. The zero-order chi connectivity index (χ0) is 24.1. The summed E-state index contributed by atoms with van der Waals surface area (Å²) in [6, 6.07) is 15.2. The fourth-order valence-corrected chi connectivity index (χ4v) is 5.97. The second-order valence-electron chi connectivity index (χ2n) is 7.90. The molecule has 4 rings (SSSR count). The van der Waals surface area contributed by atoms with E-state index >= 15 is 0 Å². The number of piperidine rings is 1. The van der Waals surface area contributed by atoms with Gasteiger partial charge >= 0.3 is 0 Å². The summed E-state index contributed by atoms with van der Waals surface area (Å²) in [6.07, 6.45) is 4.17. The highest BCUT2D eigenvalue weighted by Crippen LogP contribution is 2.28. The lowest BCUT2D eigenvalue weighted by Gasteiger charge is -2.30. The van der Waals surface area contributed by atoms with E-state index in [9.17, 15) is 18.0 Å². The fraction of sp³-hybridized carbons (Fsp3) is 0.250. The first-order valence-corrected chi connectivity index (χ1v) is 13.1. The van der Waals surface area contributed by atoms with Gasteiger partial charge in [0.05, 0.1) is 4.90 Å². The van der Waals surface area contributed by atoms with E-state index in [2.05, 4.69) is 15.3 Å².